The molecule has 23 heavy (non-hydrogen) atoms. The number of rotatable bonds is 4. The molecule has 130 valence electrons. The number of halogens is 3. The van der Waals surface area contributed by atoms with Gasteiger partial charge in [0, 0.05) is 29.0 Å². The Balaban J connectivity index is 1.51. The molecule has 0 amide bonds. The molecule has 3 heterocycles. The molecule has 1 atom stereocenters. The second-order valence-corrected chi connectivity index (χ2v) is 10.2. The Morgan fingerprint density at radius 3 is 2.74 bits per heavy atom. The number of sulfonamides is 1. The summed E-state index contributed by atoms with van der Waals surface area (Å²) in [7, 11) is -5.20. The largest absolute Gasteiger partial charge is 0.511 e. The van der Waals surface area contributed by atoms with Gasteiger partial charge < -0.3 is 4.74 Å². The highest BCUT2D eigenvalue weighted by Gasteiger charge is 2.59. The Hall–Kier alpha value is -0.360. The highest BCUT2D eigenvalue weighted by atomic mass is 32.2. The fourth-order valence-corrected chi connectivity index (χ4v) is 6.16. The average Bonchev–Trinajstić information content (AvgIpc) is 2.99. The van der Waals surface area contributed by atoms with E-state index in [1.54, 1.807) is 0 Å². The predicted octanol–water partition coefficient (Wildman–Crippen LogP) is 2.38. The first-order valence-corrected chi connectivity index (χ1v) is 10.1. The molecule has 2 fully saturated rings. The second kappa shape index (κ2) is 5.87. The Morgan fingerprint density at radius 1 is 1.48 bits per heavy atom. The molecule has 0 saturated carbocycles. The number of ether oxygens (including phenoxy) is 1. The summed E-state index contributed by atoms with van der Waals surface area (Å²) in [5.41, 5.74) is -4.38. The zero-order chi connectivity index (χ0) is 16.9. The van der Waals surface area contributed by atoms with Crippen LogP contribution in [0.15, 0.2) is 5.38 Å². The molecular formula is C12H15F3N2O3S3. The minimum absolute atomic E-state index is 0.0854. The molecule has 0 N–H and O–H groups in total. The standard InChI is InChI=1S/C12H15F3N2O3S3/c1-8-16-9(4-21-8)3-20-10-2-11(22-5-10)6-17(7-11)23(18,19)12(13,14)15/h4,10H,2-3,5-7H2,1H3/t10-/m1/s1. The van der Waals surface area contributed by atoms with Crippen LogP contribution in [0.5, 0.6) is 0 Å². The van der Waals surface area contributed by atoms with E-state index in [4.69, 9.17) is 4.74 Å². The third kappa shape index (κ3) is 3.39. The molecule has 5 nitrogen and oxygen atoms in total. The lowest BCUT2D eigenvalue weighted by molar-refractivity contribution is -0.0521. The normalized spacial score (nSPS) is 25.0. The molecule has 0 unspecified atom stereocenters. The summed E-state index contributed by atoms with van der Waals surface area (Å²) in [4.78, 5) is 4.29. The van der Waals surface area contributed by atoms with Crippen molar-refractivity contribution in [3.8, 4) is 0 Å². The van der Waals surface area contributed by atoms with Crippen molar-refractivity contribution in [2.45, 2.75) is 36.3 Å². The van der Waals surface area contributed by atoms with Crippen LogP contribution < -0.4 is 0 Å². The third-order valence-corrected chi connectivity index (χ3v) is 7.79. The Morgan fingerprint density at radius 2 is 2.17 bits per heavy atom. The molecule has 2 saturated heterocycles. The minimum Gasteiger partial charge on any atom is -0.371 e. The summed E-state index contributed by atoms with van der Waals surface area (Å²) in [5.74, 6) is 0.656. The van der Waals surface area contributed by atoms with Gasteiger partial charge in [-0.3, -0.25) is 0 Å². The fraction of sp³-hybridized carbons (Fsp3) is 0.750. The smallest absolute Gasteiger partial charge is 0.371 e. The van der Waals surface area contributed by atoms with Crippen LogP contribution in [-0.4, -0.2) is 52.9 Å². The van der Waals surface area contributed by atoms with Crippen LogP contribution >= 0.6 is 23.1 Å². The number of thiazole rings is 1. The van der Waals surface area contributed by atoms with Crippen LogP contribution in [0.4, 0.5) is 13.2 Å². The number of thioether (sulfide) groups is 1. The molecule has 2 aliphatic heterocycles. The highest BCUT2D eigenvalue weighted by molar-refractivity contribution is 8.01. The van der Waals surface area contributed by atoms with E-state index in [2.05, 4.69) is 4.98 Å². The molecule has 1 spiro atoms. The summed E-state index contributed by atoms with van der Waals surface area (Å²) < 4.78 is 66.0. The molecule has 2 aliphatic rings. The van der Waals surface area contributed by atoms with E-state index in [0.29, 0.717) is 23.1 Å². The molecule has 1 aromatic rings. The maximum absolute atomic E-state index is 12.5. The lowest BCUT2D eigenvalue weighted by Crippen LogP contribution is -2.62. The summed E-state index contributed by atoms with van der Waals surface area (Å²) in [6.07, 6.45) is 0.475. The van der Waals surface area contributed by atoms with Gasteiger partial charge in [0.05, 0.1) is 23.4 Å². The van der Waals surface area contributed by atoms with E-state index >= 15 is 0 Å². The summed E-state index contributed by atoms with van der Waals surface area (Å²) >= 11 is 3.03. The van der Waals surface area contributed by atoms with Gasteiger partial charge in [0.25, 0.3) is 0 Å². The van der Waals surface area contributed by atoms with E-state index in [1.165, 1.54) is 23.1 Å². The topological polar surface area (TPSA) is 59.5 Å². The van der Waals surface area contributed by atoms with Gasteiger partial charge in [-0.05, 0) is 13.3 Å². The van der Waals surface area contributed by atoms with Crippen molar-refractivity contribution >= 4 is 33.1 Å². The number of nitrogens with zero attached hydrogens (tertiary/aromatic N) is 2. The van der Waals surface area contributed by atoms with Crippen LogP contribution in [-0.2, 0) is 21.4 Å². The van der Waals surface area contributed by atoms with E-state index in [1.807, 2.05) is 12.3 Å². The van der Waals surface area contributed by atoms with E-state index in [-0.39, 0.29) is 19.2 Å². The van der Waals surface area contributed by atoms with Gasteiger partial charge in [0.2, 0.25) is 0 Å². The zero-order valence-corrected chi connectivity index (χ0v) is 14.6. The maximum Gasteiger partial charge on any atom is 0.511 e. The molecule has 0 bridgehead atoms. The quantitative estimate of drug-likeness (QED) is 0.793. The summed E-state index contributed by atoms with van der Waals surface area (Å²) in [5, 5.41) is 2.86. The molecular weight excluding hydrogens is 373 g/mol. The second-order valence-electron chi connectivity index (χ2n) is 5.71. The summed E-state index contributed by atoms with van der Waals surface area (Å²) in [6.45, 7) is 2.07. The number of aryl methyl sites for hydroxylation is 1. The fourth-order valence-electron chi connectivity index (χ4n) is 2.72. The number of alkyl halides is 3. The van der Waals surface area contributed by atoms with Crippen molar-refractivity contribution < 1.29 is 26.3 Å². The van der Waals surface area contributed by atoms with Crippen LogP contribution in [0.25, 0.3) is 0 Å². The van der Waals surface area contributed by atoms with Crippen LogP contribution in [0.2, 0.25) is 0 Å². The van der Waals surface area contributed by atoms with Crippen molar-refractivity contribution in [3.05, 3.63) is 16.1 Å². The molecule has 0 aromatic carbocycles. The van der Waals surface area contributed by atoms with Gasteiger partial charge in [0.15, 0.2) is 0 Å². The van der Waals surface area contributed by atoms with Gasteiger partial charge in [-0.25, -0.2) is 13.4 Å². The Labute approximate surface area is 140 Å². The van der Waals surface area contributed by atoms with Crippen LogP contribution in [0.1, 0.15) is 17.1 Å². The van der Waals surface area contributed by atoms with Gasteiger partial charge in [-0.15, -0.1) is 23.1 Å². The molecule has 0 aliphatic carbocycles. The molecule has 3 rings (SSSR count). The SMILES string of the molecule is Cc1nc(CO[C@H]2CSC3(C2)CN(S(=O)(=O)C(F)(F)F)C3)cs1. The van der Waals surface area contributed by atoms with Gasteiger partial charge >= 0.3 is 15.5 Å². The molecule has 1 aromatic heterocycles. The van der Waals surface area contributed by atoms with Gasteiger partial charge in [-0.1, -0.05) is 0 Å². The van der Waals surface area contributed by atoms with Crippen LogP contribution in [0, 0.1) is 6.92 Å². The van der Waals surface area contributed by atoms with Crippen molar-refractivity contribution in [3.63, 3.8) is 0 Å². The first-order chi connectivity index (χ1) is 10.6. The number of hydrogen-bond acceptors (Lipinski definition) is 6. The molecule has 0 radical (unpaired) electrons. The predicted molar refractivity (Wildman–Crippen MR) is 81.8 cm³/mol. The lowest BCUT2D eigenvalue weighted by Gasteiger charge is -2.46. The van der Waals surface area contributed by atoms with Crippen molar-refractivity contribution in [2.75, 3.05) is 18.8 Å². The lowest BCUT2D eigenvalue weighted by atomic mass is 9.95. The minimum atomic E-state index is -5.23. The first kappa shape index (κ1) is 17.5. The number of hydrogen-bond donors (Lipinski definition) is 0. The maximum atomic E-state index is 12.5. The highest BCUT2D eigenvalue weighted by Crippen LogP contribution is 2.48. The van der Waals surface area contributed by atoms with Gasteiger partial charge in [-0.2, -0.15) is 17.5 Å². The first-order valence-electron chi connectivity index (χ1n) is 6.84. The Bertz CT molecular complexity index is 683. The van der Waals surface area contributed by atoms with Crippen LogP contribution in [0.3, 0.4) is 0 Å². The van der Waals surface area contributed by atoms with E-state index in [0.717, 1.165) is 10.7 Å². The van der Waals surface area contributed by atoms with Crippen molar-refractivity contribution in [1.29, 1.82) is 0 Å². The summed E-state index contributed by atoms with van der Waals surface area (Å²) in [6, 6.07) is 0. The van der Waals surface area contributed by atoms with E-state index in [9.17, 15) is 21.6 Å². The molecule has 11 heteroatoms. The van der Waals surface area contributed by atoms with E-state index < -0.39 is 20.3 Å². The number of aromatic nitrogens is 1. The average molecular weight is 388 g/mol. The van der Waals surface area contributed by atoms with Crippen molar-refractivity contribution in [2.24, 2.45) is 0 Å². The Kier molecular flexibility index (Phi) is 4.45. The van der Waals surface area contributed by atoms with Gasteiger partial charge in [0.1, 0.15) is 0 Å². The van der Waals surface area contributed by atoms with Crippen molar-refractivity contribution in [1.82, 2.24) is 9.29 Å². The zero-order valence-electron chi connectivity index (χ0n) is 12.2. The monoisotopic (exact) mass is 388 g/mol. The third-order valence-electron chi connectivity index (χ3n) is 3.87.